The second-order valence-electron chi connectivity index (χ2n) is 4.52. The molecular formula is C16H15ClO2. The molecule has 0 aliphatic rings. The predicted molar refractivity (Wildman–Crippen MR) is 77.4 cm³/mol. The molecule has 2 nitrogen and oxygen atoms in total. The molecule has 0 unspecified atom stereocenters. The first-order valence-electron chi connectivity index (χ1n) is 5.98. The summed E-state index contributed by atoms with van der Waals surface area (Å²) in [6.07, 6.45) is 0. The van der Waals surface area contributed by atoms with E-state index in [0.29, 0.717) is 21.9 Å². The van der Waals surface area contributed by atoms with Crippen LogP contribution in [-0.4, -0.2) is 12.9 Å². The minimum Gasteiger partial charge on any atom is -0.496 e. The molecule has 98 valence electrons. The van der Waals surface area contributed by atoms with E-state index in [-0.39, 0.29) is 5.78 Å². The van der Waals surface area contributed by atoms with E-state index in [1.54, 1.807) is 25.3 Å². The molecule has 2 aromatic rings. The van der Waals surface area contributed by atoms with Crippen LogP contribution in [0.3, 0.4) is 0 Å². The van der Waals surface area contributed by atoms with Gasteiger partial charge in [0.1, 0.15) is 5.75 Å². The van der Waals surface area contributed by atoms with E-state index in [0.717, 1.165) is 11.1 Å². The van der Waals surface area contributed by atoms with Crippen LogP contribution in [0.4, 0.5) is 0 Å². The first-order chi connectivity index (χ1) is 9.02. The summed E-state index contributed by atoms with van der Waals surface area (Å²) in [5, 5.41) is 0.466. The molecule has 0 aliphatic carbocycles. The molecule has 0 amide bonds. The van der Waals surface area contributed by atoms with Gasteiger partial charge in [-0.3, -0.25) is 4.79 Å². The number of halogens is 1. The van der Waals surface area contributed by atoms with Crippen molar-refractivity contribution in [1.82, 2.24) is 0 Å². The van der Waals surface area contributed by atoms with Gasteiger partial charge >= 0.3 is 0 Å². The smallest absolute Gasteiger partial charge is 0.198 e. The molecule has 2 aromatic carbocycles. The molecule has 0 aliphatic heterocycles. The quantitative estimate of drug-likeness (QED) is 0.784. The first kappa shape index (κ1) is 13.6. The highest BCUT2D eigenvalue weighted by Crippen LogP contribution is 2.26. The number of ether oxygens (including phenoxy) is 1. The normalized spacial score (nSPS) is 10.3. The van der Waals surface area contributed by atoms with Gasteiger partial charge in [-0.15, -0.1) is 0 Å². The van der Waals surface area contributed by atoms with E-state index < -0.39 is 0 Å². The Morgan fingerprint density at radius 1 is 1.00 bits per heavy atom. The van der Waals surface area contributed by atoms with Crippen molar-refractivity contribution in [2.45, 2.75) is 13.8 Å². The minimum atomic E-state index is -0.120. The Morgan fingerprint density at radius 2 is 1.63 bits per heavy atom. The summed E-state index contributed by atoms with van der Waals surface area (Å²) in [6.45, 7) is 3.88. The van der Waals surface area contributed by atoms with E-state index in [2.05, 4.69) is 0 Å². The second-order valence-corrected chi connectivity index (χ2v) is 4.92. The summed E-state index contributed by atoms with van der Waals surface area (Å²) in [7, 11) is 1.55. The van der Waals surface area contributed by atoms with Crippen LogP contribution in [0.5, 0.6) is 5.75 Å². The van der Waals surface area contributed by atoms with Gasteiger partial charge in [-0.05, 0) is 43.7 Å². The Balaban J connectivity index is 2.52. The van der Waals surface area contributed by atoms with Gasteiger partial charge in [0.25, 0.3) is 0 Å². The predicted octanol–water partition coefficient (Wildman–Crippen LogP) is 4.20. The molecular weight excluding hydrogens is 260 g/mol. The van der Waals surface area contributed by atoms with Crippen LogP contribution in [0.25, 0.3) is 0 Å². The van der Waals surface area contributed by atoms with E-state index in [4.69, 9.17) is 16.3 Å². The van der Waals surface area contributed by atoms with Crippen LogP contribution in [-0.2, 0) is 0 Å². The molecule has 0 bridgehead atoms. The number of rotatable bonds is 3. The number of methoxy groups -OCH3 is 1. The second kappa shape index (κ2) is 5.45. The third kappa shape index (κ3) is 2.79. The first-order valence-corrected chi connectivity index (χ1v) is 6.36. The van der Waals surface area contributed by atoms with Gasteiger partial charge < -0.3 is 4.74 Å². The van der Waals surface area contributed by atoms with Crippen molar-refractivity contribution < 1.29 is 9.53 Å². The fourth-order valence-corrected chi connectivity index (χ4v) is 2.27. The van der Waals surface area contributed by atoms with Crippen molar-refractivity contribution in [2.75, 3.05) is 7.11 Å². The number of ketones is 1. The lowest BCUT2D eigenvalue weighted by molar-refractivity contribution is 0.103. The number of hydrogen-bond acceptors (Lipinski definition) is 2. The molecule has 0 fully saturated rings. The highest BCUT2D eigenvalue weighted by atomic mass is 35.5. The van der Waals surface area contributed by atoms with Gasteiger partial charge in [0.05, 0.1) is 17.7 Å². The molecule has 3 heteroatoms. The Bertz CT molecular complexity index is 633. The summed E-state index contributed by atoms with van der Waals surface area (Å²) in [4.78, 5) is 12.5. The zero-order valence-electron chi connectivity index (χ0n) is 11.2. The Labute approximate surface area is 118 Å². The van der Waals surface area contributed by atoms with Crippen molar-refractivity contribution in [3.63, 3.8) is 0 Å². The molecule has 0 heterocycles. The van der Waals surface area contributed by atoms with Crippen LogP contribution >= 0.6 is 11.6 Å². The van der Waals surface area contributed by atoms with Crippen molar-refractivity contribution in [2.24, 2.45) is 0 Å². The third-order valence-electron chi connectivity index (χ3n) is 2.97. The van der Waals surface area contributed by atoms with Gasteiger partial charge in [0, 0.05) is 5.56 Å². The lowest BCUT2D eigenvalue weighted by Crippen LogP contribution is -2.05. The number of benzene rings is 2. The highest BCUT2D eigenvalue weighted by Gasteiger charge is 2.17. The van der Waals surface area contributed by atoms with Crippen molar-refractivity contribution >= 4 is 17.4 Å². The molecule has 19 heavy (non-hydrogen) atoms. The number of carbonyl (C=O) groups is 1. The maximum atomic E-state index is 12.5. The van der Waals surface area contributed by atoms with Gasteiger partial charge in [-0.1, -0.05) is 29.3 Å². The summed E-state index contributed by atoms with van der Waals surface area (Å²) >= 11 is 6.15. The van der Waals surface area contributed by atoms with Crippen LogP contribution < -0.4 is 4.74 Å². The zero-order chi connectivity index (χ0) is 14.0. The molecule has 0 atom stereocenters. The Kier molecular flexibility index (Phi) is 3.91. The standard InChI is InChI=1S/C16H15ClO2/c1-10-5-7-15(19-3)13(8-10)16(18)12-6-4-11(2)9-14(12)17/h4-9H,1-3H3. The number of aryl methyl sites for hydroxylation is 2. The van der Waals surface area contributed by atoms with Crippen LogP contribution in [0.1, 0.15) is 27.0 Å². The largest absolute Gasteiger partial charge is 0.496 e. The van der Waals surface area contributed by atoms with Crippen molar-refractivity contribution in [1.29, 1.82) is 0 Å². The molecule has 0 saturated heterocycles. The summed E-state index contributed by atoms with van der Waals surface area (Å²) < 4.78 is 5.24. The lowest BCUT2D eigenvalue weighted by atomic mass is 9.99. The lowest BCUT2D eigenvalue weighted by Gasteiger charge is -2.10. The van der Waals surface area contributed by atoms with Crippen LogP contribution in [0.15, 0.2) is 36.4 Å². The topological polar surface area (TPSA) is 26.3 Å². The fraction of sp³-hybridized carbons (Fsp3) is 0.188. The van der Waals surface area contributed by atoms with Gasteiger partial charge in [-0.25, -0.2) is 0 Å². The molecule has 0 saturated carbocycles. The Hall–Kier alpha value is -1.80. The van der Waals surface area contributed by atoms with Gasteiger partial charge in [0.2, 0.25) is 0 Å². The molecule has 0 spiro atoms. The summed E-state index contributed by atoms with van der Waals surface area (Å²) in [5.41, 5.74) is 3.06. The van der Waals surface area contributed by atoms with Crippen LogP contribution in [0.2, 0.25) is 5.02 Å². The SMILES string of the molecule is COc1ccc(C)cc1C(=O)c1ccc(C)cc1Cl. The third-order valence-corrected chi connectivity index (χ3v) is 3.28. The summed E-state index contributed by atoms with van der Waals surface area (Å²) in [5.74, 6) is 0.442. The van der Waals surface area contributed by atoms with E-state index in [1.807, 2.05) is 32.0 Å². The minimum absolute atomic E-state index is 0.120. The van der Waals surface area contributed by atoms with Crippen LogP contribution in [0, 0.1) is 13.8 Å². The number of carbonyl (C=O) groups excluding carboxylic acids is 1. The van der Waals surface area contributed by atoms with Gasteiger partial charge in [0.15, 0.2) is 5.78 Å². The summed E-state index contributed by atoms with van der Waals surface area (Å²) in [6, 6.07) is 10.9. The maximum Gasteiger partial charge on any atom is 0.198 e. The van der Waals surface area contributed by atoms with E-state index in [1.165, 1.54) is 0 Å². The molecule has 0 aromatic heterocycles. The zero-order valence-corrected chi connectivity index (χ0v) is 11.9. The van der Waals surface area contributed by atoms with E-state index >= 15 is 0 Å². The fourth-order valence-electron chi connectivity index (χ4n) is 1.95. The monoisotopic (exact) mass is 274 g/mol. The molecule has 2 rings (SSSR count). The van der Waals surface area contributed by atoms with Crippen molar-refractivity contribution in [3.05, 3.63) is 63.7 Å². The van der Waals surface area contributed by atoms with Crippen molar-refractivity contribution in [3.8, 4) is 5.75 Å². The highest BCUT2D eigenvalue weighted by molar-refractivity contribution is 6.35. The molecule has 0 radical (unpaired) electrons. The number of hydrogen-bond donors (Lipinski definition) is 0. The maximum absolute atomic E-state index is 12.5. The van der Waals surface area contributed by atoms with E-state index in [9.17, 15) is 4.79 Å². The Morgan fingerprint density at radius 3 is 2.26 bits per heavy atom. The average molecular weight is 275 g/mol. The molecule has 0 N–H and O–H groups in total. The van der Waals surface area contributed by atoms with Gasteiger partial charge in [-0.2, -0.15) is 0 Å². The average Bonchev–Trinajstić information content (AvgIpc) is 2.38.